The number of carbonyl (C=O) groups excluding carboxylic acids is 2. The highest BCUT2D eigenvalue weighted by Gasteiger charge is 2.23. The van der Waals surface area contributed by atoms with E-state index in [9.17, 15) is 9.59 Å². The third-order valence-electron chi connectivity index (χ3n) is 4.48. The molecule has 1 aliphatic rings. The number of anilines is 3. The number of benzene rings is 2. The average Bonchev–Trinajstić information content (AvgIpc) is 3.02. The van der Waals surface area contributed by atoms with Crippen molar-refractivity contribution in [3.05, 3.63) is 53.6 Å². The number of carbonyl (C=O) groups is 2. The molecule has 0 atom stereocenters. The summed E-state index contributed by atoms with van der Waals surface area (Å²) in [5.74, 6) is -0.0151. The zero-order chi connectivity index (χ0) is 18.0. The molecule has 1 N–H and O–H groups in total. The third-order valence-corrected chi connectivity index (χ3v) is 4.48. The molecule has 5 heteroatoms. The van der Waals surface area contributed by atoms with E-state index in [4.69, 9.17) is 0 Å². The Morgan fingerprint density at radius 1 is 1.12 bits per heavy atom. The first-order valence-corrected chi connectivity index (χ1v) is 8.45. The van der Waals surface area contributed by atoms with Gasteiger partial charge in [-0.1, -0.05) is 6.07 Å². The molecular formula is C20H23N3O2. The van der Waals surface area contributed by atoms with E-state index in [2.05, 4.69) is 5.32 Å². The van der Waals surface area contributed by atoms with E-state index in [0.29, 0.717) is 17.7 Å². The number of nitrogens with zero attached hydrogens (tertiary/aromatic N) is 2. The number of amides is 2. The maximum atomic E-state index is 12.5. The van der Waals surface area contributed by atoms with Gasteiger partial charge in [0.1, 0.15) is 0 Å². The molecule has 0 saturated carbocycles. The van der Waals surface area contributed by atoms with Crippen LogP contribution in [-0.2, 0) is 4.79 Å². The van der Waals surface area contributed by atoms with E-state index < -0.39 is 0 Å². The Balaban J connectivity index is 1.78. The fourth-order valence-electron chi connectivity index (χ4n) is 3.00. The normalized spacial score (nSPS) is 13.9. The Kier molecular flexibility index (Phi) is 4.74. The summed E-state index contributed by atoms with van der Waals surface area (Å²) in [6.07, 6.45) is 1.47. The molecule has 0 aromatic heterocycles. The van der Waals surface area contributed by atoms with Crippen LogP contribution in [0.4, 0.5) is 17.1 Å². The highest BCUT2D eigenvalue weighted by molar-refractivity contribution is 6.05. The number of hydrogen-bond donors (Lipinski definition) is 1. The van der Waals surface area contributed by atoms with Crippen LogP contribution in [0, 0.1) is 6.92 Å². The average molecular weight is 337 g/mol. The molecule has 0 radical (unpaired) electrons. The summed E-state index contributed by atoms with van der Waals surface area (Å²) in [5, 5.41) is 2.92. The van der Waals surface area contributed by atoms with Gasteiger partial charge in [-0.25, -0.2) is 0 Å². The lowest BCUT2D eigenvalue weighted by Crippen LogP contribution is -2.24. The summed E-state index contributed by atoms with van der Waals surface area (Å²) >= 11 is 0. The van der Waals surface area contributed by atoms with Crippen molar-refractivity contribution in [2.24, 2.45) is 0 Å². The standard InChI is InChI=1S/C20H23N3O2/c1-14-6-9-16(13-18(14)23-12-4-5-19(23)24)21-20(25)15-7-10-17(11-8-15)22(2)3/h6-11,13H,4-5,12H2,1-3H3,(H,21,25). The predicted octanol–water partition coefficient (Wildman–Crippen LogP) is 3.44. The summed E-state index contributed by atoms with van der Waals surface area (Å²) in [7, 11) is 3.92. The minimum atomic E-state index is -0.159. The predicted molar refractivity (Wildman–Crippen MR) is 101 cm³/mol. The van der Waals surface area contributed by atoms with Gasteiger partial charge in [-0.2, -0.15) is 0 Å². The number of nitrogens with one attached hydrogen (secondary N) is 1. The lowest BCUT2D eigenvalue weighted by atomic mass is 10.1. The molecule has 130 valence electrons. The van der Waals surface area contributed by atoms with Crippen molar-refractivity contribution in [2.75, 3.05) is 35.8 Å². The summed E-state index contributed by atoms with van der Waals surface area (Å²) in [5.41, 5.74) is 4.25. The molecule has 0 bridgehead atoms. The quantitative estimate of drug-likeness (QED) is 0.930. The molecule has 3 rings (SSSR count). The maximum absolute atomic E-state index is 12.5. The minimum Gasteiger partial charge on any atom is -0.378 e. The number of rotatable bonds is 4. The van der Waals surface area contributed by atoms with Gasteiger partial charge in [0, 0.05) is 49.7 Å². The molecule has 5 nitrogen and oxygen atoms in total. The van der Waals surface area contributed by atoms with Crippen LogP contribution in [0.15, 0.2) is 42.5 Å². The molecule has 1 saturated heterocycles. The van der Waals surface area contributed by atoms with Gasteiger partial charge in [0.25, 0.3) is 5.91 Å². The van der Waals surface area contributed by atoms with Crippen LogP contribution in [0.25, 0.3) is 0 Å². The second-order valence-electron chi connectivity index (χ2n) is 6.55. The summed E-state index contributed by atoms with van der Waals surface area (Å²) in [6.45, 7) is 2.72. The van der Waals surface area contributed by atoms with Crippen molar-refractivity contribution >= 4 is 28.9 Å². The van der Waals surface area contributed by atoms with Gasteiger partial charge in [0.15, 0.2) is 0 Å². The van der Waals surface area contributed by atoms with Gasteiger partial charge in [0.05, 0.1) is 0 Å². The Bertz CT molecular complexity index is 797. The lowest BCUT2D eigenvalue weighted by Gasteiger charge is -2.19. The fraction of sp³-hybridized carbons (Fsp3) is 0.300. The van der Waals surface area contributed by atoms with Crippen molar-refractivity contribution in [2.45, 2.75) is 19.8 Å². The summed E-state index contributed by atoms with van der Waals surface area (Å²) in [4.78, 5) is 28.3. The first kappa shape index (κ1) is 17.0. The first-order chi connectivity index (χ1) is 12.0. The van der Waals surface area contributed by atoms with E-state index in [1.165, 1.54) is 0 Å². The van der Waals surface area contributed by atoms with Gasteiger partial charge >= 0.3 is 0 Å². The SMILES string of the molecule is Cc1ccc(NC(=O)c2ccc(N(C)C)cc2)cc1N1CCCC1=O. The van der Waals surface area contributed by atoms with Gasteiger partial charge in [-0.15, -0.1) is 0 Å². The third kappa shape index (κ3) is 3.65. The van der Waals surface area contributed by atoms with E-state index in [0.717, 1.165) is 29.9 Å². The van der Waals surface area contributed by atoms with Crippen LogP contribution in [0.5, 0.6) is 0 Å². The van der Waals surface area contributed by atoms with Gasteiger partial charge in [-0.3, -0.25) is 9.59 Å². The minimum absolute atomic E-state index is 0.144. The van der Waals surface area contributed by atoms with Gasteiger partial charge in [0.2, 0.25) is 5.91 Å². The van der Waals surface area contributed by atoms with E-state index >= 15 is 0 Å². The summed E-state index contributed by atoms with van der Waals surface area (Å²) < 4.78 is 0. The zero-order valence-corrected chi connectivity index (χ0v) is 14.9. The molecule has 1 heterocycles. The second-order valence-corrected chi connectivity index (χ2v) is 6.55. The van der Waals surface area contributed by atoms with E-state index in [-0.39, 0.29) is 11.8 Å². The van der Waals surface area contributed by atoms with Crippen molar-refractivity contribution in [1.29, 1.82) is 0 Å². The molecule has 0 spiro atoms. The fourth-order valence-corrected chi connectivity index (χ4v) is 3.00. The Labute approximate surface area is 148 Å². The van der Waals surface area contributed by atoms with Crippen molar-refractivity contribution in [3.8, 4) is 0 Å². The Morgan fingerprint density at radius 3 is 2.44 bits per heavy atom. The van der Waals surface area contributed by atoms with Crippen molar-refractivity contribution < 1.29 is 9.59 Å². The van der Waals surface area contributed by atoms with Crippen molar-refractivity contribution in [3.63, 3.8) is 0 Å². The highest BCUT2D eigenvalue weighted by atomic mass is 16.2. The van der Waals surface area contributed by atoms with Gasteiger partial charge in [-0.05, 0) is 55.3 Å². The molecule has 25 heavy (non-hydrogen) atoms. The van der Waals surface area contributed by atoms with Gasteiger partial charge < -0.3 is 15.1 Å². The molecule has 2 aromatic rings. The smallest absolute Gasteiger partial charge is 0.255 e. The van der Waals surface area contributed by atoms with Crippen LogP contribution in [0.2, 0.25) is 0 Å². The largest absolute Gasteiger partial charge is 0.378 e. The second kappa shape index (κ2) is 6.97. The number of aryl methyl sites for hydroxylation is 1. The molecule has 2 aromatic carbocycles. The molecule has 1 aliphatic heterocycles. The monoisotopic (exact) mass is 337 g/mol. The molecule has 0 aliphatic carbocycles. The molecule has 0 unspecified atom stereocenters. The lowest BCUT2D eigenvalue weighted by molar-refractivity contribution is -0.117. The van der Waals surface area contributed by atoms with Crippen LogP contribution in [0.3, 0.4) is 0 Å². The van der Waals surface area contributed by atoms with E-state index in [1.54, 1.807) is 4.90 Å². The first-order valence-electron chi connectivity index (χ1n) is 8.45. The van der Waals surface area contributed by atoms with Crippen molar-refractivity contribution in [1.82, 2.24) is 0 Å². The van der Waals surface area contributed by atoms with Crippen LogP contribution >= 0.6 is 0 Å². The van der Waals surface area contributed by atoms with Crippen LogP contribution in [-0.4, -0.2) is 32.5 Å². The van der Waals surface area contributed by atoms with Crippen LogP contribution in [0.1, 0.15) is 28.8 Å². The van der Waals surface area contributed by atoms with Crippen LogP contribution < -0.4 is 15.1 Å². The summed E-state index contributed by atoms with van der Waals surface area (Å²) in [6, 6.07) is 13.1. The number of hydrogen-bond acceptors (Lipinski definition) is 3. The molecule has 2 amide bonds. The molecule has 1 fully saturated rings. The highest BCUT2D eigenvalue weighted by Crippen LogP contribution is 2.28. The Hall–Kier alpha value is -2.82. The Morgan fingerprint density at radius 2 is 1.84 bits per heavy atom. The molecular weight excluding hydrogens is 314 g/mol. The topological polar surface area (TPSA) is 52.7 Å². The van der Waals surface area contributed by atoms with E-state index in [1.807, 2.05) is 68.4 Å². The maximum Gasteiger partial charge on any atom is 0.255 e. The zero-order valence-electron chi connectivity index (χ0n) is 14.9.